The second-order valence-corrected chi connectivity index (χ2v) is 10.0. The van der Waals surface area contributed by atoms with E-state index < -0.39 is 28.0 Å². The van der Waals surface area contributed by atoms with Gasteiger partial charge in [-0.05, 0) is 45.7 Å². The largest absolute Gasteiger partial charge is 0.452 e. The third kappa shape index (κ3) is 5.19. The third-order valence-electron chi connectivity index (χ3n) is 5.54. The number of ether oxygens (including phenoxy) is 2. The minimum atomic E-state index is -3.56. The molecular weight excluding hydrogens is 408 g/mol. The molecule has 3 rings (SSSR count). The van der Waals surface area contributed by atoms with Crippen LogP contribution in [-0.4, -0.2) is 74.0 Å². The van der Waals surface area contributed by atoms with Gasteiger partial charge in [0.1, 0.15) is 0 Å². The van der Waals surface area contributed by atoms with E-state index in [-0.39, 0.29) is 36.1 Å². The summed E-state index contributed by atoms with van der Waals surface area (Å²) >= 11 is 0. The zero-order valence-corrected chi connectivity index (χ0v) is 18.5. The zero-order chi connectivity index (χ0) is 21.9. The van der Waals surface area contributed by atoms with Gasteiger partial charge in [-0.25, -0.2) is 8.42 Å². The first-order valence-corrected chi connectivity index (χ1v) is 11.8. The Labute approximate surface area is 178 Å². The lowest BCUT2D eigenvalue weighted by Crippen LogP contribution is -2.51. The first-order valence-electron chi connectivity index (χ1n) is 10.4. The monoisotopic (exact) mass is 438 g/mol. The zero-order valence-electron chi connectivity index (χ0n) is 17.7. The number of amides is 1. The maximum atomic E-state index is 12.7. The molecule has 166 valence electrons. The Morgan fingerprint density at radius 1 is 1.07 bits per heavy atom. The molecule has 0 aliphatic carbocycles. The van der Waals surface area contributed by atoms with E-state index in [0.717, 1.165) is 0 Å². The van der Waals surface area contributed by atoms with E-state index in [9.17, 15) is 18.0 Å². The molecule has 0 N–H and O–H groups in total. The van der Waals surface area contributed by atoms with Crippen molar-refractivity contribution >= 4 is 21.9 Å². The number of nitrogens with zero attached hydrogens (tertiary/aromatic N) is 2. The maximum absolute atomic E-state index is 12.7. The summed E-state index contributed by atoms with van der Waals surface area (Å²) in [6.45, 7) is 6.84. The van der Waals surface area contributed by atoms with Crippen molar-refractivity contribution in [2.45, 2.75) is 56.8 Å². The van der Waals surface area contributed by atoms with E-state index in [1.165, 1.54) is 4.31 Å². The van der Waals surface area contributed by atoms with Crippen LogP contribution in [0.25, 0.3) is 0 Å². The van der Waals surface area contributed by atoms with E-state index in [1.54, 1.807) is 42.2 Å². The molecular formula is C21H30N2O6S. The average molecular weight is 439 g/mol. The molecule has 2 aliphatic heterocycles. The lowest BCUT2D eigenvalue weighted by molar-refractivity contribution is -0.167. The summed E-state index contributed by atoms with van der Waals surface area (Å²) in [6.07, 6.45) is -0.247. The van der Waals surface area contributed by atoms with Crippen molar-refractivity contribution in [2.75, 3.05) is 26.2 Å². The second-order valence-electron chi connectivity index (χ2n) is 8.07. The first kappa shape index (κ1) is 22.7. The lowest BCUT2D eigenvalue weighted by Gasteiger charge is -2.36. The highest BCUT2D eigenvalue weighted by Gasteiger charge is 2.35. The molecule has 1 aromatic carbocycles. The third-order valence-corrected chi connectivity index (χ3v) is 7.45. The lowest BCUT2D eigenvalue weighted by atomic mass is 9.98. The molecule has 8 nitrogen and oxygen atoms in total. The van der Waals surface area contributed by atoms with E-state index in [4.69, 9.17) is 9.47 Å². The van der Waals surface area contributed by atoms with Crippen molar-refractivity contribution in [3.8, 4) is 0 Å². The van der Waals surface area contributed by atoms with Crippen molar-refractivity contribution < 1.29 is 27.5 Å². The van der Waals surface area contributed by atoms with Crippen molar-refractivity contribution in [1.82, 2.24) is 9.21 Å². The minimum Gasteiger partial charge on any atom is -0.452 e. The fourth-order valence-corrected chi connectivity index (χ4v) is 5.50. The molecule has 30 heavy (non-hydrogen) atoms. The number of esters is 1. The number of morpholine rings is 1. The van der Waals surface area contributed by atoms with Crippen molar-refractivity contribution in [2.24, 2.45) is 5.92 Å². The van der Waals surface area contributed by atoms with Gasteiger partial charge < -0.3 is 14.4 Å². The first-order chi connectivity index (χ1) is 14.2. The number of sulfonamides is 1. The molecule has 3 unspecified atom stereocenters. The maximum Gasteiger partial charge on any atom is 0.309 e. The molecule has 1 aromatic rings. The number of rotatable bonds is 5. The van der Waals surface area contributed by atoms with Crippen LogP contribution in [-0.2, 0) is 29.1 Å². The Morgan fingerprint density at radius 2 is 1.63 bits per heavy atom. The van der Waals surface area contributed by atoms with Crippen LogP contribution in [0, 0.1) is 5.92 Å². The van der Waals surface area contributed by atoms with Crippen LogP contribution in [0.3, 0.4) is 0 Å². The number of carbonyl (C=O) groups excluding carboxylic acids is 2. The minimum absolute atomic E-state index is 0.0588. The highest BCUT2D eigenvalue weighted by atomic mass is 32.2. The van der Waals surface area contributed by atoms with Gasteiger partial charge in [0.25, 0.3) is 5.91 Å². The second kappa shape index (κ2) is 9.45. The molecule has 2 aliphatic rings. The molecule has 0 bridgehead atoms. The summed E-state index contributed by atoms with van der Waals surface area (Å²) in [5.74, 6) is -1.08. The van der Waals surface area contributed by atoms with E-state index in [0.29, 0.717) is 25.9 Å². The van der Waals surface area contributed by atoms with E-state index >= 15 is 0 Å². The fourth-order valence-electron chi connectivity index (χ4n) is 4.01. The van der Waals surface area contributed by atoms with Gasteiger partial charge in [-0.1, -0.05) is 18.2 Å². The molecule has 1 amide bonds. The van der Waals surface area contributed by atoms with E-state index in [2.05, 4.69) is 0 Å². The summed E-state index contributed by atoms with van der Waals surface area (Å²) in [6, 6.07) is 8.27. The molecule has 0 aromatic heterocycles. The normalized spacial score (nSPS) is 25.0. The molecule has 0 radical (unpaired) electrons. The Bertz CT molecular complexity index is 842. The van der Waals surface area contributed by atoms with Crippen LogP contribution in [0.15, 0.2) is 35.2 Å². The Balaban J connectivity index is 1.52. The van der Waals surface area contributed by atoms with Crippen LogP contribution in [0.5, 0.6) is 0 Å². The van der Waals surface area contributed by atoms with Gasteiger partial charge in [-0.2, -0.15) is 4.31 Å². The predicted octanol–water partition coefficient (Wildman–Crippen LogP) is 1.65. The van der Waals surface area contributed by atoms with Crippen molar-refractivity contribution in [1.29, 1.82) is 0 Å². The summed E-state index contributed by atoms with van der Waals surface area (Å²) < 4.78 is 37.9. The Hall–Kier alpha value is -1.97. The summed E-state index contributed by atoms with van der Waals surface area (Å²) in [7, 11) is -3.56. The van der Waals surface area contributed by atoms with Crippen LogP contribution in [0.2, 0.25) is 0 Å². The number of piperidine rings is 1. The predicted molar refractivity (Wildman–Crippen MR) is 110 cm³/mol. The Morgan fingerprint density at radius 3 is 2.20 bits per heavy atom. The fraction of sp³-hybridized carbons (Fsp3) is 0.619. The van der Waals surface area contributed by atoms with Gasteiger partial charge in [0.05, 0.1) is 23.0 Å². The molecule has 2 fully saturated rings. The van der Waals surface area contributed by atoms with E-state index in [1.807, 2.05) is 13.8 Å². The number of benzene rings is 1. The summed E-state index contributed by atoms with van der Waals surface area (Å²) in [5, 5.41) is 0. The molecule has 9 heteroatoms. The van der Waals surface area contributed by atoms with Gasteiger partial charge in [0, 0.05) is 26.2 Å². The molecule has 2 saturated heterocycles. The van der Waals surface area contributed by atoms with Crippen LogP contribution >= 0.6 is 0 Å². The topological polar surface area (TPSA) is 93.2 Å². The molecule has 0 spiro atoms. The average Bonchev–Trinajstić information content (AvgIpc) is 2.73. The number of hydrogen-bond acceptors (Lipinski definition) is 6. The van der Waals surface area contributed by atoms with Crippen molar-refractivity contribution in [3.05, 3.63) is 30.3 Å². The molecule has 3 atom stereocenters. The van der Waals surface area contributed by atoms with Crippen LogP contribution in [0.1, 0.15) is 33.6 Å². The molecule has 2 heterocycles. The van der Waals surface area contributed by atoms with Gasteiger partial charge >= 0.3 is 5.97 Å². The summed E-state index contributed by atoms with van der Waals surface area (Å²) in [4.78, 5) is 27.1. The Kier molecular flexibility index (Phi) is 7.15. The van der Waals surface area contributed by atoms with Crippen LogP contribution < -0.4 is 0 Å². The highest BCUT2D eigenvalue weighted by Crippen LogP contribution is 2.25. The number of hydrogen-bond donors (Lipinski definition) is 0. The van der Waals surface area contributed by atoms with Gasteiger partial charge in [0.15, 0.2) is 6.10 Å². The van der Waals surface area contributed by atoms with Gasteiger partial charge in [0.2, 0.25) is 10.0 Å². The van der Waals surface area contributed by atoms with Crippen molar-refractivity contribution in [3.63, 3.8) is 0 Å². The SMILES string of the molecule is CC1CN(C(=O)C(C)OC(=O)C2CCN(S(=O)(=O)c3ccccc3)CC2)CC(C)O1. The molecule has 0 saturated carbocycles. The highest BCUT2D eigenvalue weighted by molar-refractivity contribution is 7.89. The summed E-state index contributed by atoms with van der Waals surface area (Å²) in [5.41, 5.74) is 0. The standard InChI is InChI=1S/C21H30N2O6S/c1-15-13-22(14-16(2)28-15)20(24)17(3)29-21(25)18-9-11-23(12-10-18)30(26,27)19-7-5-4-6-8-19/h4-8,15-18H,9-14H2,1-3H3. The number of carbonyl (C=O) groups is 2. The van der Waals surface area contributed by atoms with Gasteiger partial charge in [-0.3, -0.25) is 9.59 Å². The smallest absolute Gasteiger partial charge is 0.309 e. The van der Waals surface area contributed by atoms with Gasteiger partial charge in [-0.15, -0.1) is 0 Å². The van der Waals surface area contributed by atoms with Crippen LogP contribution in [0.4, 0.5) is 0 Å². The quantitative estimate of drug-likeness (QED) is 0.649.